The third-order valence-corrected chi connectivity index (χ3v) is 2.21. The molecule has 0 amide bonds. The van der Waals surface area contributed by atoms with Crippen LogP contribution in [0.2, 0.25) is 0 Å². The quantitative estimate of drug-likeness (QED) is 0.331. The summed E-state index contributed by atoms with van der Waals surface area (Å²) in [6, 6.07) is 0. The van der Waals surface area contributed by atoms with E-state index in [1.807, 2.05) is 0 Å². The van der Waals surface area contributed by atoms with E-state index >= 15 is 0 Å². The number of aliphatic hydroxyl groups excluding tert-OH is 1. The number of carboxylic acid groups (broad SMARTS) is 1. The number of hydrogen-bond acceptors (Lipinski definition) is 4. The molecule has 12 heavy (non-hydrogen) atoms. The van der Waals surface area contributed by atoms with Gasteiger partial charge in [-0.15, -0.1) is 0 Å². The molecule has 0 saturated carbocycles. The molecule has 1 aliphatic carbocycles. The van der Waals surface area contributed by atoms with Crippen molar-refractivity contribution in [3.8, 4) is 0 Å². The minimum Gasteiger partial charge on any atom is -0.479 e. The minimum absolute atomic E-state index is 0.223. The molecular formula is C7H8O5. The van der Waals surface area contributed by atoms with Gasteiger partial charge in [0.25, 0.3) is 0 Å². The molecule has 66 valence electrons. The Balaban J connectivity index is 2.31. The van der Waals surface area contributed by atoms with Crippen LogP contribution in [-0.2, 0) is 9.53 Å². The lowest BCUT2D eigenvalue weighted by atomic mass is 9.88. The Morgan fingerprint density at radius 1 is 1.58 bits per heavy atom. The second-order valence-electron chi connectivity index (χ2n) is 3.00. The molecule has 0 radical (unpaired) electrons. The monoisotopic (exact) mass is 172 g/mol. The predicted octanol–water partition coefficient (Wildman–Crippen LogP) is -1.50. The highest BCUT2D eigenvalue weighted by molar-refractivity contribution is 5.81. The van der Waals surface area contributed by atoms with Crippen LogP contribution in [-0.4, -0.2) is 45.2 Å². The SMILES string of the molecule is O=C(O)C1(O)C=CC2OC2C1O. The molecule has 1 heterocycles. The zero-order valence-electron chi connectivity index (χ0n) is 6.04. The van der Waals surface area contributed by atoms with Gasteiger partial charge in [-0.1, -0.05) is 6.08 Å². The van der Waals surface area contributed by atoms with E-state index in [0.29, 0.717) is 0 Å². The van der Waals surface area contributed by atoms with Crippen LogP contribution in [0, 0.1) is 0 Å². The van der Waals surface area contributed by atoms with Gasteiger partial charge in [0, 0.05) is 0 Å². The van der Waals surface area contributed by atoms with Gasteiger partial charge in [-0.05, 0) is 6.08 Å². The van der Waals surface area contributed by atoms with Crippen LogP contribution in [0.15, 0.2) is 12.2 Å². The van der Waals surface area contributed by atoms with Crippen LogP contribution in [0.25, 0.3) is 0 Å². The molecule has 1 fully saturated rings. The average Bonchev–Trinajstić information content (AvgIpc) is 2.76. The smallest absolute Gasteiger partial charge is 0.342 e. The van der Waals surface area contributed by atoms with Crippen LogP contribution < -0.4 is 0 Å². The van der Waals surface area contributed by atoms with Crippen LogP contribution in [0.5, 0.6) is 0 Å². The fraction of sp³-hybridized carbons (Fsp3) is 0.571. The van der Waals surface area contributed by atoms with E-state index in [0.717, 1.165) is 6.08 Å². The first-order valence-electron chi connectivity index (χ1n) is 3.54. The van der Waals surface area contributed by atoms with Crippen LogP contribution >= 0.6 is 0 Å². The number of hydrogen-bond donors (Lipinski definition) is 3. The summed E-state index contributed by atoms with van der Waals surface area (Å²) in [5.74, 6) is -1.46. The summed E-state index contributed by atoms with van der Waals surface area (Å²) in [7, 11) is 0. The lowest BCUT2D eigenvalue weighted by Gasteiger charge is -2.26. The molecule has 4 unspecified atom stereocenters. The molecule has 0 aromatic rings. The fourth-order valence-corrected chi connectivity index (χ4v) is 1.33. The molecule has 0 aromatic carbocycles. The third-order valence-electron chi connectivity index (χ3n) is 2.21. The van der Waals surface area contributed by atoms with Gasteiger partial charge in [-0.2, -0.15) is 0 Å². The zero-order valence-corrected chi connectivity index (χ0v) is 6.04. The normalized spacial score (nSPS) is 50.0. The van der Waals surface area contributed by atoms with Crippen molar-refractivity contribution in [3.05, 3.63) is 12.2 Å². The maximum Gasteiger partial charge on any atom is 0.342 e. The Bertz CT molecular complexity index is 261. The highest BCUT2D eigenvalue weighted by atomic mass is 16.6. The second-order valence-corrected chi connectivity index (χ2v) is 3.00. The summed E-state index contributed by atoms with van der Waals surface area (Å²) in [6.45, 7) is 0. The van der Waals surface area contributed by atoms with Gasteiger partial charge >= 0.3 is 5.97 Å². The van der Waals surface area contributed by atoms with Crippen molar-refractivity contribution in [1.29, 1.82) is 0 Å². The van der Waals surface area contributed by atoms with E-state index in [-0.39, 0.29) is 6.10 Å². The van der Waals surface area contributed by atoms with Crippen molar-refractivity contribution in [2.75, 3.05) is 0 Å². The van der Waals surface area contributed by atoms with E-state index in [9.17, 15) is 15.0 Å². The number of ether oxygens (including phenoxy) is 1. The van der Waals surface area contributed by atoms with Gasteiger partial charge in [0.15, 0.2) is 0 Å². The van der Waals surface area contributed by atoms with Gasteiger partial charge in [0.2, 0.25) is 5.60 Å². The van der Waals surface area contributed by atoms with Crippen LogP contribution in [0.3, 0.4) is 0 Å². The lowest BCUT2D eigenvalue weighted by molar-refractivity contribution is -0.165. The van der Waals surface area contributed by atoms with Crippen LogP contribution in [0.4, 0.5) is 0 Å². The number of fused-ring (bicyclic) bond motifs is 1. The lowest BCUT2D eigenvalue weighted by Crippen LogP contribution is -2.52. The summed E-state index contributed by atoms with van der Waals surface area (Å²) < 4.78 is 4.88. The number of epoxide rings is 1. The van der Waals surface area contributed by atoms with E-state index in [1.54, 1.807) is 0 Å². The maximum absolute atomic E-state index is 10.5. The average molecular weight is 172 g/mol. The predicted molar refractivity (Wildman–Crippen MR) is 36.4 cm³/mol. The van der Waals surface area contributed by atoms with Gasteiger partial charge in [-0.25, -0.2) is 4.79 Å². The van der Waals surface area contributed by atoms with Gasteiger partial charge < -0.3 is 20.1 Å². The van der Waals surface area contributed by atoms with Crippen molar-refractivity contribution < 1.29 is 24.9 Å². The maximum atomic E-state index is 10.5. The first-order chi connectivity index (χ1) is 5.55. The summed E-state index contributed by atoms with van der Waals surface area (Å²) >= 11 is 0. The highest BCUT2D eigenvalue weighted by Gasteiger charge is 2.57. The number of rotatable bonds is 1. The Kier molecular flexibility index (Phi) is 1.33. The van der Waals surface area contributed by atoms with Gasteiger partial charge in [-0.3, -0.25) is 0 Å². The first kappa shape index (κ1) is 7.72. The number of carbonyl (C=O) groups is 1. The minimum atomic E-state index is -2.18. The third kappa shape index (κ3) is 0.811. The van der Waals surface area contributed by atoms with Crippen molar-refractivity contribution in [2.45, 2.75) is 23.9 Å². The standard InChI is InChI=1S/C7H8O5/c8-5-4-3(12-4)1-2-7(5,11)6(9)10/h1-5,8,11H,(H,9,10). The Morgan fingerprint density at radius 3 is 2.83 bits per heavy atom. The molecule has 4 atom stereocenters. The highest BCUT2D eigenvalue weighted by Crippen LogP contribution is 2.37. The molecule has 0 bridgehead atoms. The van der Waals surface area contributed by atoms with Gasteiger partial charge in [0.1, 0.15) is 18.3 Å². The topological polar surface area (TPSA) is 90.3 Å². The molecule has 3 N–H and O–H groups in total. The van der Waals surface area contributed by atoms with Crippen molar-refractivity contribution in [2.24, 2.45) is 0 Å². The molecule has 2 rings (SSSR count). The Morgan fingerprint density at radius 2 is 2.25 bits per heavy atom. The summed E-state index contributed by atoms with van der Waals surface area (Å²) in [6.07, 6.45) is 0.361. The Labute approximate surface area is 67.9 Å². The molecule has 0 spiro atoms. The summed E-state index contributed by atoms with van der Waals surface area (Å²) in [5, 5.41) is 27.3. The van der Waals surface area contributed by atoms with E-state index in [2.05, 4.69) is 0 Å². The zero-order chi connectivity index (χ0) is 8.93. The largest absolute Gasteiger partial charge is 0.479 e. The molecule has 2 aliphatic rings. The molecular weight excluding hydrogens is 164 g/mol. The van der Waals surface area contributed by atoms with Crippen molar-refractivity contribution in [3.63, 3.8) is 0 Å². The second kappa shape index (κ2) is 2.07. The number of carboxylic acids is 1. The van der Waals surface area contributed by atoms with Crippen LogP contribution in [0.1, 0.15) is 0 Å². The molecule has 1 saturated heterocycles. The molecule has 0 aromatic heterocycles. The first-order valence-corrected chi connectivity index (χ1v) is 3.54. The van der Waals surface area contributed by atoms with Gasteiger partial charge in [0.05, 0.1) is 0 Å². The number of aliphatic hydroxyl groups is 2. The Hall–Kier alpha value is -0.910. The van der Waals surface area contributed by atoms with E-state index in [4.69, 9.17) is 9.84 Å². The number of aliphatic carboxylic acids is 1. The van der Waals surface area contributed by atoms with E-state index < -0.39 is 23.8 Å². The molecule has 5 nitrogen and oxygen atoms in total. The summed E-state index contributed by atoms with van der Waals surface area (Å²) in [4.78, 5) is 10.5. The van der Waals surface area contributed by atoms with Crippen molar-refractivity contribution in [1.82, 2.24) is 0 Å². The molecule has 5 heteroatoms. The van der Waals surface area contributed by atoms with E-state index in [1.165, 1.54) is 6.08 Å². The molecule has 1 aliphatic heterocycles. The fourth-order valence-electron chi connectivity index (χ4n) is 1.33. The summed E-state index contributed by atoms with van der Waals surface area (Å²) in [5.41, 5.74) is -2.18. The van der Waals surface area contributed by atoms with Crippen molar-refractivity contribution >= 4 is 5.97 Å².